The normalized spacial score (nSPS) is 13.1. The SMILES string of the molecule is CCNC(=NCc1ncc(C)s1)NCCc1cc(Cl)c2c(c1)OCCO2.I. The highest BCUT2D eigenvalue weighted by molar-refractivity contribution is 14.0. The van der Waals surface area contributed by atoms with E-state index in [2.05, 4.69) is 20.6 Å². The molecule has 0 unspecified atom stereocenters. The average Bonchev–Trinajstić information content (AvgIpc) is 3.05. The molecule has 1 aromatic heterocycles. The maximum Gasteiger partial charge on any atom is 0.191 e. The molecule has 1 aliphatic heterocycles. The summed E-state index contributed by atoms with van der Waals surface area (Å²) in [5.41, 5.74) is 1.10. The van der Waals surface area contributed by atoms with Crippen LogP contribution in [0.2, 0.25) is 5.02 Å². The van der Waals surface area contributed by atoms with Crippen molar-refractivity contribution in [2.45, 2.75) is 26.8 Å². The summed E-state index contributed by atoms with van der Waals surface area (Å²) < 4.78 is 11.2. The summed E-state index contributed by atoms with van der Waals surface area (Å²) in [5.74, 6) is 2.14. The van der Waals surface area contributed by atoms with Crippen molar-refractivity contribution in [2.75, 3.05) is 26.3 Å². The van der Waals surface area contributed by atoms with Crippen LogP contribution in [-0.4, -0.2) is 37.2 Å². The predicted octanol–water partition coefficient (Wildman–Crippen LogP) is 3.79. The third-order valence-electron chi connectivity index (χ3n) is 3.75. The molecule has 0 fully saturated rings. The Labute approximate surface area is 185 Å². The van der Waals surface area contributed by atoms with Crippen LogP contribution in [0.25, 0.3) is 0 Å². The van der Waals surface area contributed by atoms with Crippen LogP contribution >= 0.6 is 46.9 Å². The molecular formula is C18H24ClIN4O2S. The smallest absolute Gasteiger partial charge is 0.191 e. The lowest BCUT2D eigenvalue weighted by atomic mass is 10.1. The lowest BCUT2D eigenvalue weighted by molar-refractivity contribution is 0.171. The molecule has 0 aliphatic carbocycles. The van der Waals surface area contributed by atoms with E-state index < -0.39 is 0 Å². The number of hydrogen-bond donors (Lipinski definition) is 2. The number of halogens is 2. The maximum atomic E-state index is 6.29. The molecule has 1 aliphatic rings. The Morgan fingerprint density at radius 2 is 2.11 bits per heavy atom. The first kappa shape index (κ1) is 22.0. The van der Waals surface area contributed by atoms with Gasteiger partial charge in [0, 0.05) is 24.2 Å². The number of guanidine groups is 1. The second kappa shape index (κ2) is 10.9. The van der Waals surface area contributed by atoms with Crippen molar-refractivity contribution in [1.82, 2.24) is 15.6 Å². The molecule has 27 heavy (non-hydrogen) atoms. The average molecular weight is 523 g/mol. The van der Waals surface area contributed by atoms with Crippen molar-refractivity contribution in [3.63, 3.8) is 0 Å². The highest BCUT2D eigenvalue weighted by Gasteiger charge is 2.16. The number of thiazole rings is 1. The molecule has 148 valence electrons. The lowest BCUT2D eigenvalue weighted by Gasteiger charge is -2.20. The number of aliphatic imine (C=N–C) groups is 1. The summed E-state index contributed by atoms with van der Waals surface area (Å²) in [6.07, 6.45) is 2.68. The highest BCUT2D eigenvalue weighted by atomic mass is 127. The monoisotopic (exact) mass is 522 g/mol. The Bertz CT molecular complexity index is 785. The molecule has 0 bridgehead atoms. The zero-order chi connectivity index (χ0) is 18.4. The number of rotatable bonds is 6. The van der Waals surface area contributed by atoms with Gasteiger partial charge in [-0.1, -0.05) is 11.6 Å². The number of aryl methyl sites for hydroxylation is 1. The van der Waals surface area contributed by atoms with Gasteiger partial charge in [0.05, 0.1) is 11.6 Å². The van der Waals surface area contributed by atoms with Crippen molar-refractivity contribution in [2.24, 2.45) is 4.99 Å². The van der Waals surface area contributed by atoms with E-state index in [4.69, 9.17) is 21.1 Å². The fourth-order valence-electron chi connectivity index (χ4n) is 2.60. The van der Waals surface area contributed by atoms with Gasteiger partial charge >= 0.3 is 0 Å². The van der Waals surface area contributed by atoms with Gasteiger partial charge in [-0.05, 0) is 38.0 Å². The van der Waals surface area contributed by atoms with Crippen molar-refractivity contribution < 1.29 is 9.47 Å². The third kappa shape index (κ3) is 6.39. The number of nitrogens with one attached hydrogen (secondary N) is 2. The second-order valence-electron chi connectivity index (χ2n) is 5.84. The number of nitrogens with zero attached hydrogens (tertiary/aromatic N) is 2. The Kier molecular flexibility index (Phi) is 8.91. The molecule has 9 heteroatoms. The van der Waals surface area contributed by atoms with Gasteiger partial charge in [-0.3, -0.25) is 0 Å². The highest BCUT2D eigenvalue weighted by Crippen LogP contribution is 2.38. The van der Waals surface area contributed by atoms with E-state index in [-0.39, 0.29) is 24.0 Å². The van der Waals surface area contributed by atoms with Crippen LogP contribution in [0.1, 0.15) is 22.4 Å². The van der Waals surface area contributed by atoms with Gasteiger partial charge in [0.25, 0.3) is 0 Å². The quantitative estimate of drug-likeness (QED) is 0.343. The molecule has 3 rings (SSSR count). The van der Waals surface area contributed by atoms with Gasteiger partial charge in [0.15, 0.2) is 17.5 Å². The minimum atomic E-state index is 0. The Morgan fingerprint density at radius 1 is 1.30 bits per heavy atom. The van der Waals surface area contributed by atoms with E-state index in [1.165, 1.54) is 4.88 Å². The molecule has 0 saturated heterocycles. The van der Waals surface area contributed by atoms with Crippen LogP contribution in [0.5, 0.6) is 11.5 Å². The molecule has 0 atom stereocenters. The van der Waals surface area contributed by atoms with Crippen molar-refractivity contribution in [3.05, 3.63) is 38.8 Å². The van der Waals surface area contributed by atoms with Crippen molar-refractivity contribution >= 4 is 52.9 Å². The van der Waals surface area contributed by atoms with E-state index in [1.807, 2.05) is 32.2 Å². The number of fused-ring (bicyclic) bond motifs is 1. The molecule has 2 aromatic rings. The maximum absolute atomic E-state index is 6.29. The number of aromatic nitrogens is 1. The van der Waals surface area contributed by atoms with E-state index >= 15 is 0 Å². The van der Waals surface area contributed by atoms with Crippen LogP contribution in [0.4, 0.5) is 0 Å². The van der Waals surface area contributed by atoms with Gasteiger partial charge in [-0.2, -0.15) is 0 Å². The first-order chi connectivity index (χ1) is 12.7. The van der Waals surface area contributed by atoms with E-state index in [0.29, 0.717) is 30.5 Å². The Hall–Kier alpha value is -1.26. The Morgan fingerprint density at radius 3 is 2.85 bits per heavy atom. The van der Waals surface area contributed by atoms with Crippen molar-refractivity contribution in [3.8, 4) is 11.5 Å². The van der Waals surface area contributed by atoms with Crippen LogP contribution in [0.15, 0.2) is 23.3 Å². The molecule has 1 aromatic carbocycles. The molecule has 0 amide bonds. The number of benzene rings is 1. The largest absolute Gasteiger partial charge is 0.486 e. The van der Waals surface area contributed by atoms with Gasteiger partial charge in [0.1, 0.15) is 18.2 Å². The minimum Gasteiger partial charge on any atom is -0.486 e. The molecule has 0 spiro atoms. The number of hydrogen-bond acceptors (Lipinski definition) is 5. The Balaban J connectivity index is 0.00000261. The fourth-order valence-corrected chi connectivity index (χ4v) is 3.60. The fraction of sp³-hybridized carbons (Fsp3) is 0.444. The lowest BCUT2D eigenvalue weighted by Crippen LogP contribution is -2.38. The zero-order valence-electron chi connectivity index (χ0n) is 15.4. The summed E-state index contributed by atoms with van der Waals surface area (Å²) in [5, 5.41) is 8.21. The van der Waals surface area contributed by atoms with Gasteiger partial charge < -0.3 is 20.1 Å². The summed E-state index contributed by atoms with van der Waals surface area (Å²) in [6.45, 7) is 7.30. The predicted molar refractivity (Wildman–Crippen MR) is 121 cm³/mol. The topological polar surface area (TPSA) is 67.8 Å². The minimum absolute atomic E-state index is 0. The summed E-state index contributed by atoms with van der Waals surface area (Å²) in [7, 11) is 0. The molecular weight excluding hydrogens is 499 g/mol. The van der Waals surface area contributed by atoms with E-state index in [0.717, 1.165) is 41.8 Å². The molecule has 0 saturated carbocycles. The van der Waals surface area contributed by atoms with Gasteiger partial charge in [-0.25, -0.2) is 9.98 Å². The van der Waals surface area contributed by atoms with Gasteiger partial charge in [-0.15, -0.1) is 35.3 Å². The molecule has 0 radical (unpaired) electrons. The van der Waals surface area contributed by atoms with Crippen LogP contribution < -0.4 is 20.1 Å². The van der Waals surface area contributed by atoms with Crippen LogP contribution in [0.3, 0.4) is 0 Å². The summed E-state index contributed by atoms with van der Waals surface area (Å²) in [6, 6.07) is 3.92. The van der Waals surface area contributed by atoms with Gasteiger partial charge in [0.2, 0.25) is 0 Å². The van der Waals surface area contributed by atoms with E-state index in [1.54, 1.807) is 11.3 Å². The summed E-state index contributed by atoms with van der Waals surface area (Å²) >= 11 is 7.96. The summed E-state index contributed by atoms with van der Waals surface area (Å²) in [4.78, 5) is 10.1. The molecule has 2 heterocycles. The zero-order valence-corrected chi connectivity index (χ0v) is 19.3. The first-order valence-electron chi connectivity index (χ1n) is 8.67. The molecule has 6 nitrogen and oxygen atoms in total. The van der Waals surface area contributed by atoms with Crippen LogP contribution in [0, 0.1) is 6.92 Å². The number of ether oxygens (including phenoxy) is 2. The third-order valence-corrected chi connectivity index (χ3v) is 4.93. The van der Waals surface area contributed by atoms with Crippen molar-refractivity contribution in [1.29, 1.82) is 0 Å². The molecule has 2 N–H and O–H groups in total. The second-order valence-corrected chi connectivity index (χ2v) is 7.56. The van der Waals surface area contributed by atoms with Crippen LogP contribution in [-0.2, 0) is 13.0 Å². The van der Waals surface area contributed by atoms with E-state index in [9.17, 15) is 0 Å². The first-order valence-corrected chi connectivity index (χ1v) is 9.86. The standard InChI is InChI=1S/C18H23ClN4O2S.HI/c1-3-20-18(23-11-16-22-10-12(2)26-16)21-5-4-13-8-14(19)17-15(9-13)24-6-7-25-17;/h8-10H,3-7,11H2,1-2H3,(H2,20,21,23);1H.